The Kier molecular flexibility index (Phi) is 7.42. The molecule has 4 heteroatoms. The fraction of sp³-hybridized carbons (Fsp3) is 0.600. The van der Waals surface area contributed by atoms with Crippen molar-refractivity contribution in [3.8, 4) is 0 Å². The molecule has 0 aliphatic carbocycles. The van der Waals surface area contributed by atoms with E-state index in [9.17, 15) is 0 Å². The number of likely N-dealkylation sites (N-methyl/N-ethyl adjacent to an activating group) is 1. The molecule has 3 nitrogen and oxygen atoms in total. The monoisotopic (exact) mass is 328 g/mol. The Hall–Kier alpha value is -0.580. The molecule has 0 amide bonds. The minimum atomic E-state index is 0.180. The van der Waals surface area contributed by atoms with E-state index >= 15 is 0 Å². The third-order valence-electron chi connectivity index (χ3n) is 3.01. The predicted molar refractivity (Wildman–Crippen MR) is 85.7 cm³/mol. The summed E-state index contributed by atoms with van der Waals surface area (Å²) in [6.07, 6.45) is 0. The molecule has 0 radical (unpaired) electrons. The normalized spacial score (nSPS) is 11.1. The molecule has 1 aromatic rings. The van der Waals surface area contributed by atoms with Gasteiger partial charge in [-0.3, -0.25) is 0 Å². The van der Waals surface area contributed by atoms with Crippen LogP contribution in [0.5, 0.6) is 0 Å². The number of aliphatic hydroxyl groups is 1. The van der Waals surface area contributed by atoms with Gasteiger partial charge in [0.1, 0.15) is 0 Å². The second-order valence-corrected chi connectivity index (χ2v) is 6.02. The summed E-state index contributed by atoms with van der Waals surface area (Å²) < 4.78 is 1.08. The number of rotatable bonds is 8. The van der Waals surface area contributed by atoms with E-state index in [0.717, 1.165) is 24.1 Å². The molecule has 0 heterocycles. The van der Waals surface area contributed by atoms with Crippen LogP contribution < -0.4 is 10.2 Å². The van der Waals surface area contributed by atoms with Gasteiger partial charge in [0, 0.05) is 29.8 Å². The molecule has 0 spiro atoms. The maximum atomic E-state index is 9.17. The van der Waals surface area contributed by atoms with Gasteiger partial charge >= 0.3 is 0 Å². The Morgan fingerprint density at radius 1 is 1.37 bits per heavy atom. The summed E-state index contributed by atoms with van der Waals surface area (Å²) in [4.78, 5) is 2.21. The number of anilines is 1. The highest BCUT2D eigenvalue weighted by Crippen LogP contribution is 2.25. The van der Waals surface area contributed by atoms with Gasteiger partial charge in [-0.1, -0.05) is 35.8 Å². The fourth-order valence-electron chi connectivity index (χ4n) is 2.05. The topological polar surface area (TPSA) is 35.5 Å². The van der Waals surface area contributed by atoms with Gasteiger partial charge < -0.3 is 15.3 Å². The van der Waals surface area contributed by atoms with Crippen molar-refractivity contribution < 1.29 is 5.11 Å². The maximum Gasteiger partial charge on any atom is 0.0606 e. The van der Waals surface area contributed by atoms with E-state index in [0.29, 0.717) is 12.5 Å². The van der Waals surface area contributed by atoms with Crippen LogP contribution in [0.4, 0.5) is 5.69 Å². The molecule has 0 saturated heterocycles. The minimum absolute atomic E-state index is 0.180. The van der Waals surface area contributed by atoms with Crippen LogP contribution in [0.1, 0.15) is 26.3 Å². The molecule has 0 aliphatic heterocycles. The lowest BCUT2D eigenvalue weighted by Crippen LogP contribution is -2.28. The number of halogens is 1. The van der Waals surface area contributed by atoms with Gasteiger partial charge in [-0.2, -0.15) is 0 Å². The number of nitrogens with one attached hydrogen (secondary N) is 1. The molecule has 0 saturated carbocycles. The second kappa shape index (κ2) is 8.56. The van der Waals surface area contributed by atoms with Crippen LogP contribution in [0.2, 0.25) is 0 Å². The Balaban J connectivity index is 2.83. The van der Waals surface area contributed by atoms with Gasteiger partial charge in [0.2, 0.25) is 0 Å². The summed E-state index contributed by atoms with van der Waals surface area (Å²) in [6.45, 7) is 10.2. The standard InChI is InChI=1S/C15H25BrN2O/c1-4-18(7-8-19)15-9-14(16)6-5-13(15)11-17-10-12(2)3/h5-6,9,12,17,19H,4,7-8,10-11H2,1-3H3. The van der Waals surface area contributed by atoms with Gasteiger partial charge in [-0.05, 0) is 37.1 Å². The lowest BCUT2D eigenvalue weighted by Gasteiger charge is -2.25. The molecule has 1 rings (SSSR count). The first-order chi connectivity index (χ1) is 9.08. The molecule has 0 aromatic heterocycles. The molecule has 108 valence electrons. The van der Waals surface area contributed by atoms with Gasteiger partial charge in [-0.25, -0.2) is 0 Å². The zero-order chi connectivity index (χ0) is 14.3. The Morgan fingerprint density at radius 2 is 2.11 bits per heavy atom. The van der Waals surface area contributed by atoms with Crippen molar-refractivity contribution in [3.05, 3.63) is 28.2 Å². The maximum absolute atomic E-state index is 9.17. The van der Waals surface area contributed by atoms with Crippen molar-refractivity contribution in [2.24, 2.45) is 5.92 Å². The van der Waals surface area contributed by atoms with Crippen molar-refractivity contribution in [2.45, 2.75) is 27.3 Å². The zero-order valence-corrected chi connectivity index (χ0v) is 13.7. The van der Waals surface area contributed by atoms with Crippen LogP contribution in [0.3, 0.4) is 0 Å². The summed E-state index contributed by atoms with van der Waals surface area (Å²) in [5.41, 5.74) is 2.47. The molecular weight excluding hydrogens is 304 g/mol. The average molecular weight is 329 g/mol. The lowest BCUT2D eigenvalue weighted by atomic mass is 10.1. The second-order valence-electron chi connectivity index (χ2n) is 5.10. The number of benzene rings is 1. The molecule has 19 heavy (non-hydrogen) atoms. The number of nitrogens with zero attached hydrogens (tertiary/aromatic N) is 1. The quantitative estimate of drug-likeness (QED) is 0.770. The van der Waals surface area contributed by atoms with Crippen LogP contribution in [-0.4, -0.2) is 31.3 Å². The van der Waals surface area contributed by atoms with Crippen molar-refractivity contribution in [1.82, 2.24) is 5.32 Å². The Morgan fingerprint density at radius 3 is 2.68 bits per heavy atom. The van der Waals surface area contributed by atoms with E-state index in [1.54, 1.807) is 0 Å². The first kappa shape index (κ1) is 16.5. The first-order valence-electron chi connectivity index (χ1n) is 6.93. The van der Waals surface area contributed by atoms with E-state index in [1.807, 2.05) is 0 Å². The third kappa shape index (κ3) is 5.51. The van der Waals surface area contributed by atoms with E-state index < -0.39 is 0 Å². The van der Waals surface area contributed by atoms with Gasteiger partial charge in [0.15, 0.2) is 0 Å². The Labute approximate surface area is 125 Å². The van der Waals surface area contributed by atoms with Crippen LogP contribution in [0.25, 0.3) is 0 Å². The zero-order valence-electron chi connectivity index (χ0n) is 12.1. The number of hydrogen-bond acceptors (Lipinski definition) is 3. The van der Waals surface area contributed by atoms with Crippen molar-refractivity contribution >= 4 is 21.6 Å². The number of aliphatic hydroxyl groups excluding tert-OH is 1. The van der Waals surface area contributed by atoms with Crippen molar-refractivity contribution in [3.63, 3.8) is 0 Å². The smallest absolute Gasteiger partial charge is 0.0606 e. The Bertz CT molecular complexity index is 382. The van der Waals surface area contributed by atoms with Crippen LogP contribution >= 0.6 is 15.9 Å². The lowest BCUT2D eigenvalue weighted by molar-refractivity contribution is 0.302. The van der Waals surface area contributed by atoms with Gasteiger partial charge in [-0.15, -0.1) is 0 Å². The van der Waals surface area contributed by atoms with Crippen LogP contribution in [0.15, 0.2) is 22.7 Å². The molecule has 0 fully saturated rings. The minimum Gasteiger partial charge on any atom is -0.395 e. The van der Waals surface area contributed by atoms with Crippen LogP contribution in [-0.2, 0) is 6.54 Å². The molecule has 0 bridgehead atoms. The largest absolute Gasteiger partial charge is 0.395 e. The molecule has 0 aliphatic rings. The van der Waals surface area contributed by atoms with E-state index in [4.69, 9.17) is 5.11 Å². The molecular formula is C15H25BrN2O. The van der Waals surface area contributed by atoms with Gasteiger partial charge in [0.25, 0.3) is 0 Å². The highest BCUT2D eigenvalue weighted by Gasteiger charge is 2.10. The molecule has 0 atom stereocenters. The summed E-state index contributed by atoms with van der Waals surface area (Å²) in [5.74, 6) is 0.651. The molecule has 1 aromatic carbocycles. The van der Waals surface area contributed by atoms with Crippen molar-refractivity contribution in [2.75, 3.05) is 31.1 Å². The van der Waals surface area contributed by atoms with Gasteiger partial charge in [0.05, 0.1) is 6.61 Å². The average Bonchev–Trinajstić information content (AvgIpc) is 2.37. The summed E-state index contributed by atoms with van der Waals surface area (Å²) in [6, 6.07) is 6.35. The van der Waals surface area contributed by atoms with E-state index in [-0.39, 0.29) is 6.61 Å². The summed E-state index contributed by atoms with van der Waals surface area (Å²) in [7, 11) is 0. The van der Waals surface area contributed by atoms with Crippen molar-refractivity contribution in [1.29, 1.82) is 0 Å². The predicted octanol–water partition coefficient (Wildman–Crippen LogP) is 3.01. The molecule has 0 unspecified atom stereocenters. The fourth-order valence-corrected chi connectivity index (χ4v) is 2.39. The number of hydrogen-bond donors (Lipinski definition) is 2. The van der Waals surface area contributed by atoms with E-state index in [2.05, 4.69) is 65.1 Å². The highest BCUT2D eigenvalue weighted by atomic mass is 79.9. The SMILES string of the molecule is CCN(CCO)c1cc(Br)ccc1CNCC(C)C. The summed E-state index contributed by atoms with van der Waals surface area (Å²) >= 11 is 3.53. The third-order valence-corrected chi connectivity index (χ3v) is 3.50. The van der Waals surface area contributed by atoms with Crippen LogP contribution in [0, 0.1) is 5.92 Å². The first-order valence-corrected chi connectivity index (χ1v) is 7.72. The summed E-state index contributed by atoms with van der Waals surface area (Å²) in [5, 5.41) is 12.6. The van der Waals surface area contributed by atoms with E-state index in [1.165, 1.54) is 11.3 Å². The molecule has 2 N–H and O–H groups in total. The highest BCUT2D eigenvalue weighted by molar-refractivity contribution is 9.10.